The van der Waals surface area contributed by atoms with E-state index >= 15 is 0 Å². The van der Waals surface area contributed by atoms with Gasteiger partial charge in [-0.1, -0.05) is 41.4 Å². The van der Waals surface area contributed by atoms with Crippen LogP contribution in [0.3, 0.4) is 0 Å². The van der Waals surface area contributed by atoms with Crippen LogP contribution < -0.4 is 5.32 Å². The number of aliphatic hydroxyl groups is 1. The van der Waals surface area contributed by atoms with Crippen LogP contribution in [-0.2, 0) is 0 Å². The Morgan fingerprint density at radius 1 is 1.37 bits per heavy atom. The van der Waals surface area contributed by atoms with Crippen molar-refractivity contribution in [1.29, 1.82) is 0 Å². The summed E-state index contributed by atoms with van der Waals surface area (Å²) in [6.07, 6.45) is -0.674. The van der Waals surface area contributed by atoms with Gasteiger partial charge in [-0.15, -0.1) is 0 Å². The molecule has 0 bridgehead atoms. The van der Waals surface area contributed by atoms with Crippen molar-refractivity contribution in [3.63, 3.8) is 0 Å². The molecule has 1 heterocycles. The molecule has 0 aliphatic carbocycles. The van der Waals surface area contributed by atoms with E-state index in [2.05, 4.69) is 10.3 Å². The van der Waals surface area contributed by atoms with Gasteiger partial charge in [-0.25, -0.2) is 0 Å². The van der Waals surface area contributed by atoms with Gasteiger partial charge in [-0.05, 0) is 19.1 Å². The molecule has 0 spiro atoms. The second kappa shape index (κ2) is 5.65. The van der Waals surface area contributed by atoms with Gasteiger partial charge >= 0.3 is 0 Å². The Balaban J connectivity index is 2.24. The fourth-order valence-corrected chi connectivity index (χ4v) is 2.00. The lowest BCUT2D eigenvalue weighted by molar-refractivity contribution is 0.102. The molecule has 1 aromatic heterocycles. The van der Waals surface area contributed by atoms with Crippen LogP contribution in [0.5, 0.6) is 0 Å². The molecule has 2 rings (SSSR count). The number of aliphatic hydroxyl groups excluding tert-OH is 1. The van der Waals surface area contributed by atoms with Gasteiger partial charge in [0.15, 0.2) is 0 Å². The molecule has 1 amide bonds. The number of aromatic amines is 1. The van der Waals surface area contributed by atoms with Gasteiger partial charge in [-0.3, -0.25) is 4.79 Å². The van der Waals surface area contributed by atoms with Crippen molar-refractivity contribution in [2.24, 2.45) is 0 Å². The van der Waals surface area contributed by atoms with Gasteiger partial charge in [0.25, 0.3) is 5.91 Å². The number of rotatable bonds is 3. The summed E-state index contributed by atoms with van der Waals surface area (Å²) in [7, 11) is 0. The van der Waals surface area contributed by atoms with E-state index in [4.69, 9.17) is 23.2 Å². The summed E-state index contributed by atoms with van der Waals surface area (Å²) >= 11 is 11.5. The van der Waals surface area contributed by atoms with Crippen LogP contribution in [0, 0.1) is 0 Å². The van der Waals surface area contributed by atoms with Crippen LogP contribution in [0.2, 0.25) is 10.2 Å². The summed E-state index contributed by atoms with van der Waals surface area (Å²) in [4.78, 5) is 14.7. The summed E-state index contributed by atoms with van der Waals surface area (Å²) in [5.41, 5.74) is 1.44. The van der Waals surface area contributed by atoms with Crippen LogP contribution in [-0.4, -0.2) is 16.0 Å². The molecule has 4 nitrogen and oxygen atoms in total. The van der Waals surface area contributed by atoms with E-state index in [9.17, 15) is 9.90 Å². The molecule has 3 N–H and O–H groups in total. The molecule has 19 heavy (non-hydrogen) atoms. The maximum absolute atomic E-state index is 12.0. The lowest BCUT2D eigenvalue weighted by Crippen LogP contribution is -2.14. The molecule has 0 aliphatic heterocycles. The Hall–Kier alpha value is -1.49. The number of aromatic nitrogens is 1. The first-order chi connectivity index (χ1) is 8.99. The van der Waals surface area contributed by atoms with Gasteiger partial charge in [0, 0.05) is 11.3 Å². The Morgan fingerprint density at radius 3 is 2.63 bits per heavy atom. The molecule has 0 radical (unpaired) electrons. The summed E-state index contributed by atoms with van der Waals surface area (Å²) in [5.74, 6) is -0.373. The zero-order valence-electron chi connectivity index (χ0n) is 10.1. The Bertz CT molecular complexity index is 589. The lowest BCUT2D eigenvalue weighted by Gasteiger charge is -2.12. The van der Waals surface area contributed by atoms with E-state index < -0.39 is 6.10 Å². The molecule has 1 aromatic carbocycles. The molecule has 100 valence electrons. The minimum Gasteiger partial charge on any atom is -0.389 e. The van der Waals surface area contributed by atoms with Crippen LogP contribution in [0.15, 0.2) is 30.3 Å². The molecule has 1 unspecified atom stereocenters. The largest absolute Gasteiger partial charge is 0.389 e. The van der Waals surface area contributed by atoms with E-state index in [0.29, 0.717) is 11.3 Å². The van der Waals surface area contributed by atoms with Crippen LogP contribution in [0.1, 0.15) is 29.1 Å². The van der Waals surface area contributed by atoms with E-state index in [-0.39, 0.29) is 21.8 Å². The monoisotopic (exact) mass is 298 g/mol. The zero-order valence-corrected chi connectivity index (χ0v) is 11.6. The Kier molecular flexibility index (Phi) is 4.14. The van der Waals surface area contributed by atoms with Crippen molar-refractivity contribution in [3.8, 4) is 0 Å². The van der Waals surface area contributed by atoms with Crippen LogP contribution in [0.25, 0.3) is 0 Å². The van der Waals surface area contributed by atoms with Gasteiger partial charge in [0.2, 0.25) is 0 Å². The molecule has 1 atom stereocenters. The third kappa shape index (κ3) is 3.10. The van der Waals surface area contributed by atoms with Crippen LogP contribution in [0.4, 0.5) is 5.69 Å². The molecule has 6 heteroatoms. The fourth-order valence-electron chi connectivity index (χ4n) is 1.69. The SMILES string of the molecule is CC(O)c1ccccc1NC(=O)c1cc(Cl)c(Cl)[nH]1. The number of nitrogens with one attached hydrogen (secondary N) is 2. The first-order valence-electron chi connectivity index (χ1n) is 5.61. The number of amides is 1. The first kappa shape index (κ1) is 13.9. The number of carbonyl (C=O) groups excluding carboxylic acids is 1. The number of anilines is 1. The van der Waals surface area contributed by atoms with Gasteiger partial charge in [-0.2, -0.15) is 0 Å². The molecular formula is C13H12Cl2N2O2. The highest BCUT2D eigenvalue weighted by Crippen LogP contribution is 2.25. The Labute approximate surface area is 120 Å². The number of hydrogen-bond acceptors (Lipinski definition) is 2. The summed E-state index contributed by atoms with van der Waals surface area (Å²) in [6.45, 7) is 1.63. The highest BCUT2D eigenvalue weighted by molar-refractivity contribution is 6.41. The average Bonchev–Trinajstić information content (AvgIpc) is 2.70. The van der Waals surface area contributed by atoms with Crippen molar-refractivity contribution >= 4 is 34.8 Å². The zero-order chi connectivity index (χ0) is 14.0. The molecule has 0 fully saturated rings. The third-order valence-corrected chi connectivity index (χ3v) is 3.32. The number of para-hydroxylation sites is 1. The normalized spacial score (nSPS) is 12.2. The topological polar surface area (TPSA) is 65.1 Å². The number of carbonyl (C=O) groups is 1. The molecular weight excluding hydrogens is 287 g/mol. The standard InChI is InChI=1S/C13H12Cl2N2O2/c1-7(18)8-4-2-3-5-10(8)17-13(19)11-6-9(14)12(15)16-11/h2-7,16,18H,1H3,(H,17,19). The highest BCUT2D eigenvalue weighted by atomic mass is 35.5. The second-order valence-electron chi connectivity index (χ2n) is 4.06. The molecule has 0 saturated heterocycles. The van der Waals surface area contributed by atoms with E-state index in [1.165, 1.54) is 6.07 Å². The van der Waals surface area contributed by atoms with Gasteiger partial charge in [0.05, 0.1) is 11.1 Å². The van der Waals surface area contributed by atoms with Gasteiger partial charge in [0.1, 0.15) is 10.8 Å². The first-order valence-corrected chi connectivity index (χ1v) is 6.37. The van der Waals surface area contributed by atoms with Crippen molar-refractivity contribution in [3.05, 3.63) is 51.8 Å². The summed E-state index contributed by atoms with van der Waals surface area (Å²) in [5, 5.41) is 12.8. The second-order valence-corrected chi connectivity index (χ2v) is 4.85. The van der Waals surface area contributed by atoms with E-state index in [1.807, 2.05) is 0 Å². The molecule has 2 aromatic rings. The summed E-state index contributed by atoms with van der Waals surface area (Å²) < 4.78 is 0. The predicted molar refractivity (Wildman–Crippen MR) is 75.8 cm³/mol. The predicted octanol–water partition coefficient (Wildman–Crippen LogP) is 3.63. The number of hydrogen-bond donors (Lipinski definition) is 3. The maximum Gasteiger partial charge on any atom is 0.272 e. The van der Waals surface area contributed by atoms with Crippen molar-refractivity contribution in [2.45, 2.75) is 13.0 Å². The minimum atomic E-state index is -0.674. The van der Waals surface area contributed by atoms with Crippen molar-refractivity contribution in [1.82, 2.24) is 4.98 Å². The van der Waals surface area contributed by atoms with Crippen molar-refractivity contribution in [2.75, 3.05) is 5.32 Å². The number of halogens is 2. The van der Waals surface area contributed by atoms with Crippen LogP contribution >= 0.6 is 23.2 Å². The third-order valence-electron chi connectivity index (χ3n) is 2.63. The van der Waals surface area contributed by atoms with Crippen molar-refractivity contribution < 1.29 is 9.90 Å². The molecule has 0 aliphatic rings. The van der Waals surface area contributed by atoms with E-state index in [0.717, 1.165) is 0 Å². The maximum atomic E-state index is 12.0. The summed E-state index contributed by atoms with van der Waals surface area (Å²) in [6, 6.07) is 8.47. The number of benzene rings is 1. The van der Waals surface area contributed by atoms with E-state index in [1.54, 1.807) is 31.2 Å². The fraction of sp³-hybridized carbons (Fsp3) is 0.154. The highest BCUT2D eigenvalue weighted by Gasteiger charge is 2.14. The Morgan fingerprint density at radius 2 is 2.05 bits per heavy atom. The van der Waals surface area contributed by atoms with Gasteiger partial charge < -0.3 is 15.4 Å². The minimum absolute atomic E-state index is 0.218. The average molecular weight is 299 g/mol. The molecule has 0 saturated carbocycles. The quantitative estimate of drug-likeness (QED) is 0.810. The lowest BCUT2D eigenvalue weighted by atomic mass is 10.1. The number of H-pyrrole nitrogens is 1. The smallest absolute Gasteiger partial charge is 0.272 e.